The molecule has 0 N–H and O–H groups in total. The summed E-state index contributed by atoms with van der Waals surface area (Å²) in [5, 5.41) is 4.26. The Morgan fingerprint density at radius 1 is 0.596 bits per heavy atom. The molecule has 1 aliphatic rings. The van der Waals surface area contributed by atoms with Gasteiger partial charge in [0, 0.05) is 51.6 Å². The Balaban J connectivity index is 1.14. The van der Waals surface area contributed by atoms with Crippen LogP contribution in [0.3, 0.4) is 0 Å². The lowest BCUT2D eigenvalue weighted by molar-refractivity contribution is 1.03. The van der Waals surface area contributed by atoms with E-state index in [0.29, 0.717) is 0 Å². The number of imidazole rings is 1. The molecule has 0 bridgehead atoms. The van der Waals surface area contributed by atoms with Crippen molar-refractivity contribution in [1.82, 2.24) is 19.4 Å². The number of anilines is 1. The quantitative estimate of drug-likeness (QED) is 0.184. The third-order valence-corrected chi connectivity index (χ3v) is 8.90. The van der Waals surface area contributed by atoms with Crippen LogP contribution in [0.1, 0.15) is 0 Å². The number of hydrogen-bond acceptors (Lipinski definition) is 5. The summed E-state index contributed by atoms with van der Waals surface area (Å²) in [7, 11) is 0. The van der Waals surface area contributed by atoms with Gasteiger partial charge in [-0.15, -0.1) is 0 Å². The minimum absolute atomic E-state index is 0.727. The molecule has 4 aromatic carbocycles. The number of hydrogen-bond donors (Lipinski definition) is 0. The molecule has 1 aliphatic heterocycles. The fourth-order valence-electron chi connectivity index (χ4n) is 6.66. The van der Waals surface area contributed by atoms with Crippen molar-refractivity contribution in [3.8, 4) is 33.6 Å². The van der Waals surface area contributed by atoms with E-state index in [-0.39, 0.29) is 0 Å². The van der Waals surface area contributed by atoms with Gasteiger partial charge in [-0.2, -0.15) is 0 Å². The molecule has 6 nitrogen and oxygen atoms in total. The summed E-state index contributed by atoms with van der Waals surface area (Å²) in [6.45, 7) is 4.62. The number of rotatable bonds is 5. The first-order chi connectivity index (χ1) is 23.3. The Hall–Kier alpha value is -6.40. The van der Waals surface area contributed by atoms with Crippen LogP contribution < -0.4 is 4.90 Å². The van der Waals surface area contributed by atoms with E-state index in [1.54, 1.807) is 0 Å². The van der Waals surface area contributed by atoms with Crippen LogP contribution in [0.4, 0.5) is 11.5 Å². The van der Waals surface area contributed by atoms with Crippen molar-refractivity contribution in [2.75, 3.05) is 11.4 Å². The van der Waals surface area contributed by atoms with Crippen molar-refractivity contribution >= 4 is 56.6 Å². The van der Waals surface area contributed by atoms with Crippen LogP contribution in [0.15, 0.2) is 151 Å². The van der Waals surface area contributed by atoms with Crippen LogP contribution in [-0.2, 0) is 0 Å². The second-order valence-electron chi connectivity index (χ2n) is 11.6. The SMILES string of the molecule is C=Nc1c(N2C=CC=CC2)nc(-c2cccc(-c3ccc(-c4nc5c(nc6ccccn65)c5ccccc45)cc3)c2)c2ccccc12. The summed E-state index contributed by atoms with van der Waals surface area (Å²) in [6, 6.07) is 40.0. The van der Waals surface area contributed by atoms with Gasteiger partial charge in [-0.05, 0) is 42.1 Å². The summed E-state index contributed by atoms with van der Waals surface area (Å²) >= 11 is 0. The molecule has 5 heterocycles. The lowest BCUT2D eigenvalue weighted by Gasteiger charge is -2.23. The van der Waals surface area contributed by atoms with Gasteiger partial charge in [-0.1, -0.05) is 109 Å². The normalized spacial score (nSPS) is 12.9. The second-order valence-corrected chi connectivity index (χ2v) is 11.6. The molecule has 4 aromatic heterocycles. The van der Waals surface area contributed by atoms with Crippen molar-refractivity contribution in [3.05, 3.63) is 146 Å². The maximum absolute atomic E-state index is 5.22. The van der Waals surface area contributed by atoms with Gasteiger partial charge in [0.15, 0.2) is 11.5 Å². The molecule has 0 unspecified atom stereocenters. The van der Waals surface area contributed by atoms with Crippen molar-refractivity contribution in [2.45, 2.75) is 0 Å². The van der Waals surface area contributed by atoms with Gasteiger partial charge in [-0.3, -0.25) is 9.39 Å². The number of benzene rings is 4. The van der Waals surface area contributed by atoms with Crippen LogP contribution in [0, 0.1) is 0 Å². The van der Waals surface area contributed by atoms with E-state index in [1.165, 1.54) is 0 Å². The Morgan fingerprint density at radius 2 is 1.30 bits per heavy atom. The highest BCUT2D eigenvalue weighted by Crippen LogP contribution is 2.41. The largest absolute Gasteiger partial charge is 0.327 e. The molecule has 0 radical (unpaired) electrons. The Morgan fingerprint density at radius 3 is 2.09 bits per heavy atom. The highest BCUT2D eigenvalue weighted by molar-refractivity contribution is 6.09. The van der Waals surface area contributed by atoms with E-state index in [0.717, 1.165) is 90.0 Å². The van der Waals surface area contributed by atoms with Crippen molar-refractivity contribution in [2.24, 2.45) is 4.99 Å². The van der Waals surface area contributed by atoms with Crippen LogP contribution in [0.25, 0.3) is 72.0 Å². The van der Waals surface area contributed by atoms with Crippen LogP contribution >= 0.6 is 0 Å². The van der Waals surface area contributed by atoms with Gasteiger partial charge in [0.25, 0.3) is 0 Å². The zero-order valence-corrected chi connectivity index (χ0v) is 25.5. The average molecular weight is 605 g/mol. The highest BCUT2D eigenvalue weighted by atomic mass is 15.2. The Bertz CT molecular complexity index is 2580. The first-order valence-corrected chi connectivity index (χ1v) is 15.6. The third kappa shape index (κ3) is 4.42. The van der Waals surface area contributed by atoms with Gasteiger partial charge >= 0.3 is 0 Å². The van der Waals surface area contributed by atoms with Gasteiger partial charge in [0.05, 0.1) is 11.4 Å². The molecular formula is C41H28N6. The molecular weight excluding hydrogens is 576 g/mol. The van der Waals surface area contributed by atoms with Gasteiger partial charge in [0.2, 0.25) is 0 Å². The fraction of sp³-hybridized carbons (Fsp3) is 0.0244. The monoisotopic (exact) mass is 604 g/mol. The Labute approximate surface area is 271 Å². The standard InChI is InChI=1S/C41H28N6/c1-42-38-33-16-5-3-14-31(33)37(44-40(38)46-23-8-2-9-24-46)30-13-11-12-29(26-30)27-19-21-28(22-20-27)36-32-15-4-6-17-34(32)39-41(45-36)47-25-10-7-18-35(47)43-39/h2-23,25-26H,1,24H2. The molecule has 222 valence electrons. The molecule has 9 rings (SSSR count). The van der Waals surface area contributed by atoms with E-state index in [2.05, 4.69) is 112 Å². The van der Waals surface area contributed by atoms with Crippen molar-refractivity contribution < 1.29 is 0 Å². The molecule has 8 aromatic rings. The topological polar surface area (TPSA) is 58.7 Å². The summed E-state index contributed by atoms with van der Waals surface area (Å²) in [6.07, 6.45) is 10.2. The predicted molar refractivity (Wildman–Crippen MR) is 194 cm³/mol. The second kappa shape index (κ2) is 10.9. The number of pyridine rings is 3. The summed E-state index contributed by atoms with van der Waals surface area (Å²) < 4.78 is 2.06. The van der Waals surface area contributed by atoms with Gasteiger partial charge < -0.3 is 4.90 Å². The van der Waals surface area contributed by atoms with E-state index < -0.39 is 0 Å². The average Bonchev–Trinajstić information content (AvgIpc) is 3.53. The number of aromatic nitrogens is 4. The van der Waals surface area contributed by atoms with Gasteiger partial charge in [-0.25, -0.2) is 15.0 Å². The molecule has 0 fully saturated rings. The van der Waals surface area contributed by atoms with Crippen LogP contribution in [0.2, 0.25) is 0 Å². The predicted octanol–water partition coefficient (Wildman–Crippen LogP) is 9.81. The minimum Gasteiger partial charge on any atom is -0.327 e. The summed E-state index contributed by atoms with van der Waals surface area (Å²) in [4.78, 5) is 21.8. The first-order valence-electron chi connectivity index (χ1n) is 15.6. The molecule has 0 saturated carbocycles. The van der Waals surface area contributed by atoms with E-state index in [9.17, 15) is 0 Å². The molecule has 0 aliphatic carbocycles. The van der Waals surface area contributed by atoms with E-state index in [4.69, 9.17) is 15.0 Å². The zero-order chi connectivity index (χ0) is 31.3. The number of allylic oxidation sites excluding steroid dienone is 2. The fourth-order valence-corrected chi connectivity index (χ4v) is 6.66. The molecule has 0 atom stereocenters. The van der Waals surface area contributed by atoms with Crippen molar-refractivity contribution in [1.29, 1.82) is 0 Å². The summed E-state index contributed by atoms with van der Waals surface area (Å²) in [5.74, 6) is 0.798. The zero-order valence-electron chi connectivity index (χ0n) is 25.5. The van der Waals surface area contributed by atoms with E-state index >= 15 is 0 Å². The van der Waals surface area contributed by atoms with E-state index in [1.807, 2.05) is 54.9 Å². The smallest absolute Gasteiger partial charge is 0.165 e. The lowest BCUT2D eigenvalue weighted by Crippen LogP contribution is -2.19. The molecule has 47 heavy (non-hydrogen) atoms. The Kier molecular flexibility index (Phi) is 6.25. The molecule has 0 amide bonds. The minimum atomic E-state index is 0.727. The van der Waals surface area contributed by atoms with Crippen LogP contribution in [0.5, 0.6) is 0 Å². The summed E-state index contributed by atoms with van der Waals surface area (Å²) in [5.41, 5.74) is 9.65. The van der Waals surface area contributed by atoms with Crippen molar-refractivity contribution in [3.63, 3.8) is 0 Å². The number of nitrogens with zero attached hydrogens (tertiary/aromatic N) is 6. The van der Waals surface area contributed by atoms with Crippen LogP contribution in [-0.4, -0.2) is 32.6 Å². The third-order valence-electron chi connectivity index (χ3n) is 8.90. The molecule has 0 saturated heterocycles. The van der Waals surface area contributed by atoms with Gasteiger partial charge in [0.1, 0.15) is 16.9 Å². The highest BCUT2D eigenvalue weighted by Gasteiger charge is 2.19. The molecule has 0 spiro atoms. The molecule has 6 heteroatoms. The maximum Gasteiger partial charge on any atom is 0.165 e. The number of fused-ring (bicyclic) bond motifs is 6. The maximum atomic E-state index is 5.22. The first kappa shape index (κ1) is 27.0. The lowest BCUT2D eigenvalue weighted by atomic mass is 9.96. The number of aliphatic imine (C=N–C) groups is 1.